The maximum atomic E-state index is 11.7. The van der Waals surface area contributed by atoms with E-state index in [4.69, 9.17) is 4.74 Å². The van der Waals surface area contributed by atoms with Crippen LogP contribution in [0, 0.1) is 5.92 Å². The Labute approximate surface area is 150 Å². The van der Waals surface area contributed by atoms with E-state index >= 15 is 0 Å². The van der Waals surface area contributed by atoms with Crippen LogP contribution in [0.2, 0.25) is 0 Å². The number of hydrogen-bond acceptors (Lipinski definition) is 4. The lowest BCUT2D eigenvalue weighted by Gasteiger charge is -2.33. The third-order valence-electron chi connectivity index (χ3n) is 4.99. The number of aliphatic imine (C=N–C) groups is 1. The molecule has 0 aliphatic carbocycles. The fourth-order valence-electron chi connectivity index (χ4n) is 3.59. The number of piperidine rings is 1. The average molecular weight is 349 g/mol. The Morgan fingerprint density at radius 2 is 2.00 bits per heavy atom. The number of methoxy groups -OCH3 is 1. The summed E-state index contributed by atoms with van der Waals surface area (Å²) >= 11 is 0. The van der Waals surface area contributed by atoms with E-state index in [1.54, 1.807) is 7.05 Å². The predicted octanol–water partition coefficient (Wildman–Crippen LogP) is 1.51. The Morgan fingerprint density at radius 3 is 2.52 bits per heavy atom. The van der Waals surface area contributed by atoms with Crippen LogP contribution in [-0.4, -0.2) is 53.9 Å². The Bertz CT molecular complexity index is 615. The molecule has 1 aromatic heterocycles. The van der Waals surface area contributed by atoms with Crippen molar-refractivity contribution in [3.63, 3.8) is 0 Å². The first kappa shape index (κ1) is 19.3. The second-order valence-electron chi connectivity index (χ2n) is 6.39. The zero-order valence-corrected chi connectivity index (χ0v) is 16.1. The van der Waals surface area contributed by atoms with Crippen molar-refractivity contribution in [1.82, 2.24) is 20.0 Å². The third kappa shape index (κ3) is 4.32. The molecule has 1 N–H and O–H groups in total. The summed E-state index contributed by atoms with van der Waals surface area (Å²) in [6.07, 6.45) is 3.50. The molecule has 1 saturated heterocycles. The summed E-state index contributed by atoms with van der Waals surface area (Å²) in [5.41, 5.74) is 3.69. The number of ether oxygens (including phenoxy) is 1. The average Bonchev–Trinajstić information content (AvgIpc) is 2.96. The number of aryl methyl sites for hydroxylation is 2. The van der Waals surface area contributed by atoms with Gasteiger partial charge in [-0.15, -0.1) is 0 Å². The van der Waals surface area contributed by atoms with Crippen molar-refractivity contribution in [1.29, 1.82) is 0 Å². The Hall–Kier alpha value is -2.05. The normalized spacial score (nSPS) is 16.2. The van der Waals surface area contributed by atoms with E-state index < -0.39 is 0 Å². The molecular weight excluding hydrogens is 318 g/mol. The molecule has 0 saturated carbocycles. The van der Waals surface area contributed by atoms with E-state index in [9.17, 15) is 4.79 Å². The molecule has 2 heterocycles. The van der Waals surface area contributed by atoms with E-state index in [-0.39, 0.29) is 11.9 Å². The summed E-state index contributed by atoms with van der Waals surface area (Å²) < 4.78 is 6.84. The first-order valence-electron chi connectivity index (χ1n) is 9.12. The zero-order valence-electron chi connectivity index (χ0n) is 16.1. The lowest BCUT2D eigenvalue weighted by atomic mass is 9.97. The first-order chi connectivity index (χ1) is 12.0. The van der Waals surface area contributed by atoms with Crippen LogP contribution in [0.25, 0.3) is 0 Å². The second-order valence-corrected chi connectivity index (χ2v) is 6.39. The van der Waals surface area contributed by atoms with E-state index in [0.717, 1.165) is 57.0 Å². The molecular formula is C18H31N5O2. The standard InChI is InChI=1S/C18H31N5O2/c1-6-15-14(16(7-2)22(4)21-15)12-20-18(19-3)23-10-8-13(9-11-23)17(24)25-5/h13H,6-12H2,1-5H3,(H,19,20). The minimum atomic E-state index is -0.0990. The minimum Gasteiger partial charge on any atom is -0.469 e. The molecule has 0 unspecified atom stereocenters. The summed E-state index contributed by atoms with van der Waals surface area (Å²) in [7, 11) is 5.27. The van der Waals surface area contributed by atoms with Gasteiger partial charge < -0.3 is 15.0 Å². The molecule has 1 fully saturated rings. The topological polar surface area (TPSA) is 71.8 Å². The van der Waals surface area contributed by atoms with E-state index in [1.165, 1.54) is 18.4 Å². The minimum absolute atomic E-state index is 0.0102. The van der Waals surface area contributed by atoms with Crippen LogP contribution in [0.4, 0.5) is 0 Å². The summed E-state index contributed by atoms with van der Waals surface area (Å²) in [6.45, 7) is 6.65. The highest BCUT2D eigenvalue weighted by atomic mass is 16.5. The van der Waals surface area contributed by atoms with E-state index in [0.29, 0.717) is 0 Å². The smallest absolute Gasteiger partial charge is 0.308 e. The number of guanidine groups is 1. The monoisotopic (exact) mass is 349 g/mol. The molecule has 2 rings (SSSR count). The number of hydrogen-bond donors (Lipinski definition) is 1. The summed E-state index contributed by atoms with van der Waals surface area (Å²) in [5.74, 6) is 0.797. The van der Waals surface area contributed by atoms with Crippen LogP contribution in [0.1, 0.15) is 43.6 Å². The number of carbonyl (C=O) groups excluding carboxylic acids is 1. The van der Waals surface area contributed by atoms with Gasteiger partial charge in [-0.05, 0) is 25.7 Å². The predicted molar refractivity (Wildman–Crippen MR) is 98.5 cm³/mol. The molecule has 0 spiro atoms. The van der Waals surface area contributed by atoms with Crippen molar-refractivity contribution >= 4 is 11.9 Å². The lowest BCUT2D eigenvalue weighted by molar-refractivity contribution is -0.146. The van der Waals surface area contributed by atoms with Crippen LogP contribution in [0.3, 0.4) is 0 Å². The molecule has 0 amide bonds. The van der Waals surface area contributed by atoms with E-state index in [2.05, 4.69) is 34.2 Å². The summed E-state index contributed by atoms with van der Waals surface area (Å²) in [5, 5.41) is 8.11. The molecule has 0 bridgehead atoms. The van der Waals surface area contributed by atoms with Crippen LogP contribution in [0.5, 0.6) is 0 Å². The lowest BCUT2D eigenvalue weighted by Crippen LogP contribution is -2.46. The van der Waals surface area contributed by atoms with Crippen molar-refractivity contribution in [2.45, 2.75) is 46.1 Å². The molecule has 1 aromatic rings. The Balaban J connectivity index is 1.99. The SMILES string of the molecule is CCc1nn(C)c(CC)c1CNC(=NC)N1CCC(C(=O)OC)CC1. The summed E-state index contributed by atoms with van der Waals surface area (Å²) in [6, 6.07) is 0. The van der Waals surface area contributed by atoms with Gasteiger partial charge >= 0.3 is 5.97 Å². The van der Waals surface area contributed by atoms with Crippen molar-refractivity contribution < 1.29 is 9.53 Å². The Morgan fingerprint density at radius 1 is 1.32 bits per heavy atom. The Kier molecular flexibility index (Phi) is 6.84. The van der Waals surface area contributed by atoms with Crippen LogP contribution >= 0.6 is 0 Å². The van der Waals surface area contributed by atoms with Gasteiger partial charge in [-0.25, -0.2) is 0 Å². The first-order valence-corrected chi connectivity index (χ1v) is 9.12. The van der Waals surface area contributed by atoms with Gasteiger partial charge in [0.15, 0.2) is 5.96 Å². The van der Waals surface area contributed by atoms with Crippen molar-refractivity contribution in [3.05, 3.63) is 17.0 Å². The third-order valence-corrected chi connectivity index (χ3v) is 4.99. The highest BCUT2D eigenvalue weighted by Gasteiger charge is 2.27. The van der Waals surface area contributed by atoms with Crippen LogP contribution in [-0.2, 0) is 36.0 Å². The number of rotatable bonds is 5. The molecule has 0 aromatic carbocycles. The highest BCUT2D eigenvalue weighted by molar-refractivity contribution is 5.80. The quantitative estimate of drug-likeness (QED) is 0.496. The van der Waals surface area contributed by atoms with E-state index in [1.807, 2.05) is 11.7 Å². The zero-order chi connectivity index (χ0) is 18.4. The van der Waals surface area contributed by atoms with Crippen molar-refractivity contribution in [2.24, 2.45) is 18.0 Å². The summed E-state index contributed by atoms with van der Waals surface area (Å²) in [4.78, 5) is 18.3. The van der Waals surface area contributed by atoms with Gasteiger partial charge in [0.05, 0.1) is 18.7 Å². The largest absolute Gasteiger partial charge is 0.469 e. The fourth-order valence-corrected chi connectivity index (χ4v) is 3.59. The van der Waals surface area contributed by atoms with Gasteiger partial charge in [0, 0.05) is 45.0 Å². The maximum absolute atomic E-state index is 11.7. The van der Waals surface area contributed by atoms with Gasteiger partial charge in [-0.2, -0.15) is 5.10 Å². The van der Waals surface area contributed by atoms with Gasteiger partial charge in [0.2, 0.25) is 0 Å². The molecule has 0 radical (unpaired) electrons. The molecule has 1 aliphatic rings. The second kappa shape index (κ2) is 8.87. The molecule has 0 atom stereocenters. The van der Waals surface area contributed by atoms with Crippen molar-refractivity contribution in [2.75, 3.05) is 27.2 Å². The van der Waals surface area contributed by atoms with Crippen LogP contribution in [0.15, 0.2) is 4.99 Å². The van der Waals surface area contributed by atoms with Gasteiger partial charge in [-0.3, -0.25) is 14.5 Å². The molecule has 7 heteroatoms. The number of nitrogens with zero attached hydrogens (tertiary/aromatic N) is 4. The molecule has 1 aliphatic heterocycles. The maximum Gasteiger partial charge on any atom is 0.308 e. The number of carbonyl (C=O) groups is 1. The van der Waals surface area contributed by atoms with Gasteiger partial charge in [0.1, 0.15) is 0 Å². The number of likely N-dealkylation sites (tertiary alicyclic amines) is 1. The van der Waals surface area contributed by atoms with Crippen LogP contribution < -0.4 is 5.32 Å². The van der Waals surface area contributed by atoms with Crippen molar-refractivity contribution in [3.8, 4) is 0 Å². The number of nitrogens with one attached hydrogen (secondary N) is 1. The molecule has 25 heavy (non-hydrogen) atoms. The van der Waals surface area contributed by atoms with Gasteiger partial charge in [-0.1, -0.05) is 13.8 Å². The molecule has 140 valence electrons. The number of esters is 1. The van der Waals surface area contributed by atoms with Gasteiger partial charge in [0.25, 0.3) is 0 Å². The molecule has 7 nitrogen and oxygen atoms in total. The number of aromatic nitrogens is 2. The fraction of sp³-hybridized carbons (Fsp3) is 0.722. The highest BCUT2D eigenvalue weighted by Crippen LogP contribution is 2.19.